The second-order valence-electron chi connectivity index (χ2n) is 4.32. The van der Waals surface area contributed by atoms with E-state index in [1.54, 1.807) is 0 Å². The maximum absolute atomic E-state index is 9.28. The Kier molecular flexibility index (Phi) is 3.28. The van der Waals surface area contributed by atoms with Gasteiger partial charge in [-0.05, 0) is 36.4 Å². The van der Waals surface area contributed by atoms with Crippen molar-refractivity contribution in [3.05, 3.63) is 60.2 Å². The molecule has 3 rings (SSSR count). The first-order valence-electron chi connectivity index (χ1n) is 6.09. The predicted molar refractivity (Wildman–Crippen MR) is 81.4 cm³/mol. The molecule has 0 aliphatic rings. The fourth-order valence-electron chi connectivity index (χ4n) is 1.90. The van der Waals surface area contributed by atoms with Gasteiger partial charge < -0.3 is 5.73 Å². The molecule has 96 valence electrons. The molecule has 20 heavy (non-hydrogen) atoms. The molecule has 2 aromatic carbocycles. The summed E-state index contributed by atoms with van der Waals surface area (Å²) in [5.74, 6) is 0. The van der Waals surface area contributed by atoms with Gasteiger partial charge in [0.25, 0.3) is 0 Å². The molecule has 0 bridgehead atoms. The minimum atomic E-state index is 0.588. The number of nitrogens with two attached hydrogens (primary N) is 1. The van der Waals surface area contributed by atoms with Crippen LogP contribution in [0.4, 0.5) is 5.69 Å². The Balaban J connectivity index is 2.06. The van der Waals surface area contributed by atoms with E-state index in [-0.39, 0.29) is 0 Å². The van der Waals surface area contributed by atoms with Crippen molar-refractivity contribution >= 4 is 28.4 Å². The highest BCUT2D eigenvalue weighted by Gasteiger charge is 2.08. The number of hydrogen-bond donors (Lipinski definition) is 1. The molecule has 0 unspecified atom stereocenters. The molecule has 0 aliphatic heterocycles. The summed E-state index contributed by atoms with van der Waals surface area (Å²) in [6.07, 6.45) is 0. The third-order valence-corrected chi connectivity index (χ3v) is 3.92. The topological polar surface area (TPSA) is 62.7 Å². The SMILES string of the molecule is N#Cc1cc2ccccc2nc1Sc1ccc(N)cc1. The maximum atomic E-state index is 9.28. The molecule has 1 aromatic heterocycles. The van der Waals surface area contributed by atoms with Crippen molar-refractivity contribution in [3.63, 3.8) is 0 Å². The minimum absolute atomic E-state index is 0.588. The van der Waals surface area contributed by atoms with E-state index in [0.717, 1.165) is 26.5 Å². The molecule has 0 amide bonds. The van der Waals surface area contributed by atoms with E-state index in [2.05, 4.69) is 11.1 Å². The summed E-state index contributed by atoms with van der Waals surface area (Å²) in [6.45, 7) is 0. The van der Waals surface area contributed by atoms with Gasteiger partial charge >= 0.3 is 0 Å². The van der Waals surface area contributed by atoms with Crippen LogP contribution in [0.2, 0.25) is 0 Å². The summed E-state index contributed by atoms with van der Waals surface area (Å²) in [6, 6.07) is 19.4. The maximum Gasteiger partial charge on any atom is 0.119 e. The summed E-state index contributed by atoms with van der Waals surface area (Å²) in [4.78, 5) is 5.59. The van der Waals surface area contributed by atoms with Crippen LogP contribution in [-0.2, 0) is 0 Å². The first-order chi connectivity index (χ1) is 9.76. The number of rotatable bonds is 2. The fraction of sp³-hybridized carbons (Fsp3) is 0. The summed E-state index contributed by atoms with van der Waals surface area (Å²) in [5.41, 5.74) is 7.88. The summed E-state index contributed by atoms with van der Waals surface area (Å²) in [7, 11) is 0. The van der Waals surface area contributed by atoms with Gasteiger partial charge in [0.15, 0.2) is 0 Å². The Morgan fingerprint density at radius 3 is 2.55 bits per heavy atom. The van der Waals surface area contributed by atoms with E-state index >= 15 is 0 Å². The Labute approximate surface area is 121 Å². The van der Waals surface area contributed by atoms with Crippen molar-refractivity contribution in [2.24, 2.45) is 0 Å². The van der Waals surface area contributed by atoms with Crippen molar-refractivity contribution in [1.82, 2.24) is 4.98 Å². The first-order valence-corrected chi connectivity index (χ1v) is 6.91. The van der Waals surface area contributed by atoms with Gasteiger partial charge in [0.2, 0.25) is 0 Å². The summed E-state index contributed by atoms with van der Waals surface area (Å²) in [5, 5.41) is 11.0. The van der Waals surface area contributed by atoms with Crippen LogP contribution in [0.15, 0.2) is 64.5 Å². The zero-order valence-electron chi connectivity index (χ0n) is 10.6. The number of benzene rings is 2. The van der Waals surface area contributed by atoms with E-state index in [1.807, 2.05) is 54.6 Å². The third kappa shape index (κ3) is 2.44. The highest BCUT2D eigenvalue weighted by atomic mass is 32.2. The van der Waals surface area contributed by atoms with Gasteiger partial charge in [-0.3, -0.25) is 0 Å². The monoisotopic (exact) mass is 277 g/mol. The zero-order valence-corrected chi connectivity index (χ0v) is 11.4. The van der Waals surface area contributed by atoms with E-state index in [9.17, 15) is 5.26 Å². The fourth-order valence-corrected chi connectivity index (χ4v) is 2.76. The first kappa shape index (κ1) is 12.5. The highest BCUT2D eigenvalue weighted by molar-refractivity contribution is 7.99. The minimum Gasteiger partial charge on any atom is -0.399 e. The normalized spacial score (nSPS) is 10.3. The van der Waals surface area contributed by atoms with E-state index in [4.69, 9.17) is 5.73 Å². The van der Waals surface area contributed by atoms with Gasteiger partial charge in [0.05, 0.1) is 11.1 Å². The summed E-state index contributed by atoms with van der Waals surface area (Å²) >= 11 is 1.47. The number of pyridine rings is 1. The number of fused-ring (bicyclic) bond motifs is 1. The molecular weight excluding hydrogens is 266 g/mol. The number of hydrogen-bond acceptors (Lipinski definition) is 4. The van der Waals surface area contributed by atoms with Crippen LogP contribution in [0.1, 0.15) is 5.56 Å². The molecule has 0 saturated carbocycles. The molecule has 4 heteroatoms. The smallest absolute Gasteiger partial charge is 0.119 e. The molecule has 1 heterocycles. The zero-order chi connectivity index (χ0) is 13.9. The van der Waals surface area contributed by atoms with Crippen LogP contribution in [0.5, 0.6) is 0 Å². The van der Waals surface area contributed by atoms with Gasteiger partial charge in [-0.2, -0.15) is 5.26 Å². The average molecular weight is 277 g/mol. The van der Waals surface area contributed by atoms with Crippen molar-refractivity contribution < 1.29 is 0 Å². The molecule has 0 aliphatic carbocycles. The number of nitrogen functional groups attached to an aromatic ring is 1. The number of nitrogens with zero attached hydrogens (tertiary/aromatic N) is 2. The second-order valence-corrected chi connectivity index (χ2v) is 5.38. The largest absolute Gasteiger partial charge is 0.399 e. The van der Waals surface area contributed by atoms with Gasteiger partial charge in [-0.15, -0.1) is 0 Å². The highest BCUT2D eigenvalue weighted by Crippen LogP contribution is 2.31. The molecule has 0 spiro atoms. The van der Waals surface area contributed by atoms with Gasteiger partial charge in [0.1, 0.15) is 11.1 Å². The number of aromatic nitrogens is 1. The molecular formula is C16H11N3S. The lowest BCUT2D eigenvalue weighted by Gasteiger charge is -2.05. The quantitative estimate of drug-likeness (QED) is 0.723. The Morgan fingerprint density at radius 2 is 1.80 bits per heavy atom. The van der Waals surface area contributed by atoms with Crippen molar-refractivity contribution in [2.45, 2.75) is 9.92 Å². The molecule has 0 radical (unpaired) electrons. The molecule has 0 fully saturated rings. The number of nitriles is 1. The molecule has 3 aromatic rings. The van der Waals surface area contributed by atoms with Crippen LogP contribution in [0.3, 0.4) is 0 Å². The second kappa shape index (κ2) is 5.24. The van der Waals surface area contributed by atoms with Crippen molar-refractivity contribution in [2.75, 3.05) is 5.73 Å². The van der Waals surface area contributed by atoms with Gasteiger partial charge in [0, 0.05) is 16.0 Å². The Hall–Kier alpha value is -2.51. The van der Waals surface area contributed by atoms with Crippen LogP contribution < -0.4 is 5.73 Å². The van der Waals surface area contributed by atoms with E-state index < -0.39 is 0 Å². The number of para-hydroxylation sites is 1. The van der Waals surface area contributed by atoms with Crippen molar-refractivity contribution in [1.29, 1.82) is 5.26 Å². The summed E-state index contributed by atoms with van der Waals surface area (Å²) < 4.78 is 0. The van der Waals surface area contributed by atoms with Crippen LogP contribution in [0.25, 0.3) is 10.9 Å². The van der Waals surface area contributed by atoms with E-state index in [0.29, 0.717) is 5.56 Å². The van der Waals surface area contributed by atoms with Gasteiger partial charge in [-0.25, -0.2) is 4.98 Å². The Morgan fingerprint density at radius 1 is 1.05 bits per heavy atom. The molecule has 0 saturated heterocycles. The van der Waals surface area contributed by atoms with Crippen LogP contribution in [-0.4, -0.2) is 4.98 Å². The number of anilines is 1. The lowest BCUT2D eigenvalue weighted by molar-refractivity contribution is 1.16. The predicted octanol–water partition coefficient (Wildman–Crippen LogP) is 3.84. The van der Waals surface area contributed by atoms with Crippen molar-refractivity contribution in [3.8, 4) is 6.07 Å². The standard InChI is InChI=1S/C16H11N3S/c17-10-12-9-11-3-1-2-4-15(11)19-16(12)20-14-7-5-13(18)6-8-14/h1-9H,18H2. The molecule has 2 N–H and O–H groups in total. The Bertz CT molecular complexity index is 804. The van der Waals surface area contributed by atoms with E-state index in [1.165, 1.54) is 11.8 Å². The lowest BCUT2D eigenvalue weighted by Crippen LogP contribution is -1.89. The average Bonchev–Trinajstić information content (AvgIpc) is 2.49. The molecule has 3 nitrogen and oxygen atoms in total. The molecule has 0 atom stereocenters. The van der Waals surface area contributed by atoms with Gasteiger partial charge in [-0.1, -0.05) is 30.0 Å². The lowest BCUT2D eigenvalue weighted by atomic mass is 10.2. The third-order valence-electron chi connectivity index (χ3n) is 2.90. The van der Waals surface area contributed by atoms with Crippen LogP contribution in [0, 0.1) is 11.3 Å². The van der Waals surface area contributed by atoms with Crippen LogP contribution >= 0.6 is 11.8 Å².